The molecule has 0 bridgehead atoms. The molecule has 0 atom stereocenters. The Morgan fingerprint density at radius 2 is 1.77 bits per heavy atom. The largest absolute Gasteiger partial charge is 0.489 e. The highest BCUT2D eigenvalue weighted by Gasteiger charge is 2.36. The molecular formula is C25H17BrN2O6S. The van der Waals surface area contributed by atoms with Crippen molar-refractivity contribution in [1.29, 1.82) is 0 Å². The second-order valence-electron chi connectivity index (χ2n) is 7.48. The summed E-state index contributed by atoms with van der Waals surface area (Å²) < 4.78 is 6.58. The molecule has 0 saturated carbocycles. The molecule has 8 nitrogen and oxygen atoms in total. The summed E-state index contributed by atoms with van der Waals surface area (Å²) >= 11 is 4.08. The Hall–Kier alpha value is -3.76. The fraction of sp³-hybridized carbons (Fsp3) is 0.0800. The van der Waals surface area contributed by atoms with Gasteiger partial charge >= 0.3 is 0 Å². The van der Waals surface area contributed by atoms with E-state index in [0.717, 1.165) is 26.7 Å². The molecule has 3 aromatic rings. The van der Waals surface area contributed by atoms with Gasteiger partial charge < -0.3 is 4.74 Å². The van der Waals surface area contributed by atoms with E-state index in [2.05, 4.69) is 15.9 Å². The summed E-state index contributed by atoms with van der Waals surface area (Å²) in [4.78, 5) is 49.2. The first kappa shape index (κ1) is 24.4. The van der Waals surface area contributed by atoms with Crippen molar-refractivity contribution >= 4 is 56.4 Å². The first-order valence-electron chi connectivity index (χ1n) is 10.3. The molecule has 0 aromatic heterocycles. The number of thioether (sulfide) groups is 1. The van der Waals surface area contributed by atoms with E-state index in [4.69, 9.17) is 4.74 Å². The van der Waals surface area contributed by atoms with Gasteiger partial charge in [-0.3, -0.25) is 29.4 Å². The van der Waals surface area contributed by atoms with Gasteiger partial charge in [-0.25, -0.2) is 0 Å². The molecule has 0 radical (unpaired) electrons. The van der Waals surface area contributed by atoms with Gasteiger partial charge in [-0.15, -0.1) is 0 Å². The molecule has 0 unspecified atom stereocenters. The summed E-state index contributed by atoms with van der Waals surface area (Å²) in [7, 11) is 0. The number of carbonyl (C=O) groups is 3. The van der Waals surface area contributed by atoms with Gasteiger partial charge in [0.15, 0.2) is 5.78 Å². The second-order valence-corrected chi connectivity index (χ2v) is 9.39. The lowest BCUT2D eigenvalue weighted by Gasteiger charge is -2.11. The molecule has 10 heteroatoms. The zero-order valence-electron chi connectivity index (χ0n) is 18.0. The number of Topliss-reactive ketones (excluding diaryl/α,β-unsaturated/α-hetero) is 1. The summed E-state index contributed by atoms with van der Waals surface area (Å²) in [6, 6.07) is 19.7. The molecule has 4 rings (SSSR count). The third kappa shape index (κ3) is 6.03. The van der Waals surface area contributed by atoms with Gasteiger partial charge in [0.25, 0.3) is 16.8 Å². The number of imide groups is 1. The number of ether oxygens (including phenoxy) is 1. The van der Waals surface area contributed by atoms with Crippen molar-refractivity contribution in [1.82, 2.24) is 4.90 Å². The number of hydrogen-bond acceptors (Lipinski definition) is 7. The molecule has 1 aliphatic heterocycles. The van der Waals surface area contributed by atoms with Crippen molar-refractivity contribution < 1.29 is 24.0 Å². The van der Waals surface area contributed by atoms with Crippen LogP contribution < -0.4 is 4.74 Å². The SMILES string of the molecule is O=C(CN1C(=O)S/C(=C/c2cccc(OCc3ccc([N+](=O)[O-])cc3)c2)C1=O)c1ccc(Br)cc1. The molecule has 35 heavy (non-hydrogen) atoms. The normalized spacial score (nSPS) is 14.4. The number of halogens is 1. The highest BCUT2D eigenvalue weighted by Crippen LogP contribution is 2.33. The second kappa shape index (κ2) is 10.7. The van der Waals surface area contributed by atoms with E-state index >= 15 is 0 Å². The topological polar surface area (TPSA) is 107 Å². The molecule has 1 saturated heterocycles. The van der Waals surface area contributed by atoms with Crippen molar-refractivity contribution in [3.63, 3.8) is 0 Å². The Bertz CT molecular complexity index is 1340. The Balaban J connectivity index is 1.41. The Morgan fingerprint density at radius 1 is 1.06 bits per heavy atom. The molecule has 176 valence electrons. The van der Waals surface area contributed by atoms with Gasteiger partial charge in [-0.2, -0.15) is 0 Å². The van der Waals surface area contributed by atoms with Crippen molar-refractivity contribution in [3.8, 4) is 5.75 Å². The van der Waals surface area contributed by atoms with Crippen LogP contribution in [0.5, 0.6) is 5.75 Å². The average molecular weight is 553 g/mol. The fourth-order valence-corrected chi connectivity index (χ4v) is 4.34. The number of rotatable bonds is 8. The van der Waals surface area contributed by atoms with Crippen LogP contribution in [0.15, 0.2) is 82.2 Å². The molecular weight excluding hydrogens is 536 g/mol. The zero-order valence-corrected chi connectivity index (χ0v) is 20.5. The maximum atomic E-state index is 12.8. The van der Waals surface area contributed by atoms with Crippen LogP contribution in [0.4, 0.5) is 10.5 Å². The number of non-ortho nitro benzene ring substituents is 1. The van der Waals surface area contributed by atoms with Gasteiger partial charge in [-0.1, -0.05) is 40.2 Å². The minimum Gasteiger partial charge on any atom is -0.489 e. The van der Waals surface area contributed by atoms with E-state index in [-0.39, 0.29) is 29.5 Å². The highest BCUT2D eigenvalue weighted by atomic mass is 79.9. The van der Waals surface area contributed by atoms with Crippen LogP contribution in [0, 0.1) is 10.1 Å². The maximum Gasteiger partial charge on any atom is 0.293 e. The molecule has 1 aliphatic rings. The number of nitro benzene ring substituents is 1. The third-order valence-corrected chi connectivity index (χ3v) is 6.49. The van der Waals surface area contributed by atoms with E-state index in [1.165, 1.54) is 12.1 Å². The van der Waals surface area contributed by atoms with Crippen LogP contribution in [0.25, 0.3) is 6.08 Å². The van der Waals surface area contributed by atoms with Gasteiger partial charge in [-0.05, 0) is 65.4 Å². The van der Waals surface area contributed by atoms with Crippen LogP contribution >= 0.6 is 27.7 Å². The molecule has 3 aromatic carbocycles. The van der Waals surface area contributed by atoms with E-state index in [1.54, 1.807) is 66.7 Å². The van der Waals surface area contributed by atoms with Crippen molar-refractivity contribution in [3.05, 3.63) is 109 Å². The van der Waals surface area contributed by atoms with Gasteiger partial charge in [0.05, 0.1) is 16.4 Å². The molecule has 0 aliphatic carbocycles. The summed E-state index contributed by atoms with van der Waals surface area (Å²) in [5, 5.41) is 10.3. The lowest BCUT2D eigenvalue weighted by atomic mass is 10.1. The average Bonchev–Trinajstić information content (AvgIpc) is 3.11. The predicted molar refractivity (Wildman–Crippen MR) is 135 cm³/mol. The number of benzene rings is 3. The minimum absolute atomic E-state index is 0.00299. The van der Waals surface area contributed by atoms with Gasteiger partial charge in [0.2, 0.25) is 0 Å². The molecule has 0 spiro atoms. The number of carbonyl (C=O) groups excluding carboxylic acids is 3. The number of ketones is 1. The number of nitrogens with zero attached hydrogens (tertiary/aromatic N) is 2. The van der Waals surface area contributed by atoms with Crippen molar-refractivity contribution in [2.45, 2.75) is 6.61 Å². The smallest absolute Gasteiger partial charge is 0.293 e. The van der Waals surface area contributed by atoms with Crippen LogP contribution in [0.1, 0.15) is 21.5 Å². The molecule has 1 fully saturated rings. The van der Waals surface area contributed by atoms with Crippen LogP contribution in [-0.2, 0) is 11.4 Å². The van der Waals surface area contributed by atoms with Crippen LogP contribution in [-0.4, -0.2) is 33.3 Å². The lowest BCUT2D eigenvalue weighted by molar-refractivity contribution is -0.384. The first-order chi connectivity index (χ1) is 16.8. The van der Waals surface area contributed by atoms with Crippen molar-refractivity contribution in [2.24, 2.45) is 0 Å². The monoisotopic (exact) mass is 552 g/mol. The van der Waals surface area contributed by atoms with Crippen molar-refractivity contribution in [2.75, 3.05) is 6.54 Å². The zero-order chi connectivity index (χ0) is 24.9. The molecule has 0 N–H and O–H groups in total. The van der Waals surface area contributed by atoms with Gasteiger partial charge in [0.1, 0.15) is 12.4 Å². The predicted octanol–water partition coefficient (Wildman–Crippen LogP) is 5.86. The minimum atomic E-state index is -0.525. The summed E-state index contributed by atoms with van der Waals surface area (Å²) in [5.74, 6) is -0.327. The third-order valence-electron chi connectivity index (χ3n) is 5.05. The number of hydrogen-bond donors (Lipinski definition) is 0. The van der Waals surface area contributed by atoms with E-state index < -0.39 is 16.1 Å². The lowest BCUT2D eigenvalue weighted by Crippen LogP contribution is -2.33. The first-order valence-corrected chi connectivity index (χ1v) is 11.9. The van der Waals surface area contributed by atoms with Crippen LogP contribution in [0.2, 0.25) is 0 Å². The standard InChI is InChI=1S/C25H17BrN2O6S/c26-19-8-6-18(7-9-19)22(29)14-27-24(30)23(35-25(27)31)13-17-2-1-3-21(12-17)34-15-16-4-10-20(11-5-16)28(32)33/h1-13H,14-15H2/b23-13+. The molecule has 2 amide bonds. The summed E-state index contributed by atoms with van der Waals surface area (Å²) in [6.07, 6.45) is 1.58. The number of nitro groups is 1. The summed E-state index contributed by atoms with van der Waals surface area (Å²) in [6.45, 7) is -0.127. The van der Waals surface area contributed by atoms with E-state index in [9.17, 15) is 24.5 Å². The van der Waals surface area contributed by atoms with E-state index in [0.29, 0.717) is 16.9 Å². The maximum absolute atomic E-state index is 12.8. The Labute approximate surface area is 212 Å². The molecule has 1 heterocycles. The summed E-state index contributed by atoms with van der Waals surface area (Å²) in [5.41, 5.74) is 1.82. The van der Waals surface area contributed by atoms with Crippen LogP contribution in [0.3, 0.4) is 0 Å². The Kier molecular flexibility index (Phi) is 7.42. The van der Waals surface area contributed by atoms with E-state index in [1.807, 2.05) is 0 Å². The fourth-order valence-electron chi connectivity index (χ4n) is 3.23. The van der Waals surface area contributed by atoms with Gasteiger partial charge in [0, 0.05) is 22.2 Å². The highest BCUT2D eigenvalue weighted by molar-refractivity contribution is 9.10. The quantitative estimate of drug-likeness (QED) is 0.149. The number of amides is 2. The Morgan fingerprint density at radius 3 is 2.46 bits per heavy atom.